The van der Waals surface area contributed by atoms with Gasteiger partial charge in [0.2, 0.25) is 10.0 Å². The van der Waals surface area contributed by atoms with Crippen molar-refractivity contribution in [3.8, 4) is 0 Å². The molecule has 0 atom stereocenters. The highest BCUT2D eigenvalue weighted by Crippen LogP contribution is 2.27. The topological polar surface area (TPSA) is 127 Å². The normalized spacial score (nSPS) is 15.8. The van der Waals surface area contributed by atoms with E-state index in [9.17, 15) is 26.9 Å². The van der Waals surface area contributed by atoms with E-state index in [1.807, 2.05) is 0 Å². The number of nitrogens with zero attached hydrogens (tertiary/aromatic N) is 2. The second-order valence-corrected chi connectivity index (χ2v) is 10.4. The Hall–Kier alpha value is -2.50. The molecular weight excluding hydrogens is 418 g/mol. The highest BCUT2D eigenvalue weighted by atomic mass is 32.2. The molecular formula is C18H21N3O6S2. The van der Waals surface area contributed by atoms with E-state index in [1.165, 1.54) is 16.4 Å². The lowest BCUT2D eigenvalue weighted by Gasteiger charge is -2.26. The summed E-state index contributed by atoms with van der Waals surface area (Å²) in [6, 6.07) is 8.77. The Morgan fingerprint density at radius 3 is 2.10 bits per heavy atom. The zero-order valence-electron chi connectivity index (χ0n) is 15.7. The summed E-state index contributed by atoms with van der Waals surface area (Å²) in [5, 5.41) is 10.7. The predicted molar refractivity (Wildman–Crippen MR) is 108 cm³/mol. The van der Waals surface area contributed by atoms with Crippen molar-refractivity contribution in [2.45, 2.75) is 36.0 Å². The molecule has 2 aromatic rings. The number of nitrogens with one attached hydrogen (secondary N) is 1. The van der Waals surface area contributed by atoms with Gasteiger partial charge in [-0.3, -0.25) is 14.8 Å². The van der Waals surface area contributed by atoms with Gasteiger partial charge in [-0.05, 0) is 49.6 Å². The van der Waals surface area contributed by atoms with E-state index in [1.54, 1.807) is 13.0 Å². The summed E-state index contributed by atoms with van der Waals surface area (Å²) in [4.78, 5) is 9.98. The summed E-state index contributed by atoms with van der Waals surface area (Å²) in [6.07, 6.45) is 2.58. The van der Waals surface area contributed by atoms with Crippen LogP contribution < -0.4 is 4.72 Å². The molecule has 11 heteroatoms. The predicted octanol–water partition coefficient (Wildman–Crippen LogP) is 2.88. The summed E-state index contributed by atoms with van der Waals surface area (Å²) in [5.74, 6) is 0. The van der Waals surface area contributed by atoms with Crippen molar-refractivity contribution in [2.75, 3.05) is 17.8 Å². The Morgan fingerprint density at radius 2 is 1.52 bits per heavy atom. The molecule has 156 valence electrons. The average Bonchev–Trinajstić information content (AvgIpc) is 2.70. The van der Waals surface area contributed by atoms with Crippen LogP contribution in [0, 0.1) is 17.0 Å². The minimum atomic E-state index is -4.05. The fourth-order valence-corrected chi connectivity index (χ4v) is 5.74. The smallest absolute Gasteiger partial charge is 0.269 e. The lowest BCUT2D eigenvalue weighted by Crippen LogP contribution is -2.35. The standard InChI is InChI=1S/C18H21N3O6S2/c1-14-5-8-17(29(26,27)20-11-3-2-4-12-20)13-18(14)19-28(24,25)16-9-6-15(7-10-16)21(22)23/h5-10,13,19H,2-4,11-12H2,1H3. The maximum atomic E-state index is 12.9. The third-order valence-electron chi connectivity index (χ3n) is 4.76. The molecule has 0 spiro atoms. The lowest BCUT2D eigenvalue weighted by molar-refractivity contribution is -0.384. The van der Waals surface area contributed by atoms with E-state index in [-0.39, 0.29) is 21.2 Å². The molecule has 3 rings (SSSR count). The molecule has 29 heavy (non-hydrogen) atoms. The second kappa shape index (κ2) is 8.09. The maximum absolute atomic E-state index is 12.9. The van der Waals surface area contributed by atoms with E-state index < -0.39 is 25.0 Å². The monoisotopic (exact) mass is 439 g/mol. The molecule has 0 bridgehead atoms. The molecule has 1 N–H and O–H groups in total. The van der Waals surface area contributed by atoms with Gasteiger partial charge in [-0.15, -0.1) is 0 Å². The highest BCUT2D eigenvalue weighted by molar-refractivity contribution is 7.92. The molecule has 9 nitrogen and oxygen atoms in total. The minimum Gasteiger partial charge on any atom is -0.279 e. The number of rotatable bonds is 6. The minimum absolute atomic E-state index is 0.0198. The van der Waals surface area contributed by atoms with Gasteiger partial charge in [-0.25, -0.2) is 16.8 Å². The molecule has 2 aromatic carbocycles. The van der Waals surface area contributed by atoms with Gasteiger partial charge in [0.15, 0.2) is 0 Å². The van der Waals surface area contributed by atoms with Crippen molar-refractivity contribution in [3.05, 3.63) is 58.1 Å². The first kappa shape index (κ1) is 21.2. The van der Waals surface area contributed by atoms with E-state index in [4.69, 9.17) is 0 Å². The summed E-state index contributed by atoms with van der Waals surface area (Å²) in [7, 11) is -7.76. The first-order valence-electron chi connectivity index (χ1n) is 8.99. The van der Waals surface area contributed by atoms with E-state index in [0.29, 0.717) is 18.7 Å². The van der Waals surface area contributed by atoms with Gasteiger partial charge in [0.25, 0.3) is 15.7 Å². The van der Waals surface area contributed by atoms with Gasteiger partial charge >= 0.3 is 0 Å². The Kier molecular flexibility index (Phi) is 5.92. The van der Waals surface area contributed by atoms with E-state index >= 15 is 0 Å². The van der Waals surface area contributed by atoms with Gasteiger partial charge in [0.1, 0.15) is 0 Å². The van der Waals surface area contributed by atoms with Crippen LogP contribution in [-0.4, -0.2) is 39.2 Å². The van der Waals surface area contributed by atoms with Crippen LogP contribution >= 0.6 is 0 Å². The third-order valence-corrected chi connectivity index (χ3v) is 8.04. The number of sulfonamides is 2. The van der Waals surface area contributed by atoms with Gasteiger partial charge in [-0.2, -0.15) is 4.31 Å². The number of piperidine rings is 1. The average molecular weight is 440 g/mol. The van der Waals surface area contributed by atoms with Crippen molar-refractivity contribution in [1.29, 1.82) is 0 Å². The fourth-order valence-electron chi connectivity index (χ4n) is 3.08. The van der Waals surface area contributed by atoms with Crippen LogP contribution in [0.5, 0.6) is 0 Å². The number of anilines is 1. The summed E-state index contributed by atoms with van der Waals surface area (Å²) >= 11 is 0. The summed E-state index contributed by atoms with van der Waals surface area (Å²) in [6.45, 7) is 2.55. The van der Waals surface area contributed by atoms with Crippen LogP contribution in [0.1, 0.15) is 24.8 Å². The zero-order valence-corrected chi connectivity index (χ0v) is 17.4. The molecule has 1 aliphatic heterocycles. The Balaban J connectivity index is 1.90. The first-order chi connectivity index (χ1) is 13.6. The van der Waals surface area contributed by atoms with Crippen LogP contribution in [0.4, 0.5) is 11.4 Å². The Morgan fingerprint density at radius 1 is 0.931 bits per heavy atom. The molecule has 0 saturated carbocycles. The van der Waals surface area contributed by atoms with Gasteiger partial charge in [0, 0.05) is 25.2 Å². The van der Waals surface area contributed by atoms with Crippen molar-refractivity contribution >= 4 is 31.4 Å². The van der Waals surface area contributed by atoms with Crippen LogP contribution in [0.25, 0.3) is 0 Å². The summed E-state index contributed by atoms with van der Waals surface area (Å²) in [5.41, 5.74) is 0.462. The van der Waals surface area contributed by atoms with Crippen molar-refractivity contribution < 1.29 is 21.8 Å². The molecule has 1 aliphatic rings. The molecule has 1 heterocycles. The van der Waals surface area contributed by atoms with Crippen molar-refractivity contribution in [3.63, 3.8) is 0 Å². The number of aryl methyl sites for hydroxylation is 1. The lowest BCUT2D eigenvalue weighted by atomic mass is 10.2. The highest BCUT2D eigenvalue weighted by Gasteiger charge is 2.27. The number of hydrogen-bond acceptors (Lipinski definition) is 6. The third kappa shape index (κ3) is 4.57. The van der Waals surface area contributed by atoms with Crippen LogP contribution in [0.3, 0.4) is 0 Å². The zero-order chi connectivity index (χ0) is 21.2. The largest absolute Gasteiger partial charge is 0.279 e. The first-order valence-corrected chi connectivity index (χ1v) is 11.9. The molecule has 0 unspecified atom stereocenters. The Labute approximate surface area is 169 Å². The van der Waals surface area contributed by atoms with E-state index in [2.05, 4.69) is 4.72 Å². The number of non-ortho nitro benzene ring substituents is 1. The molecule has 0 aromatic heterocycles. The maximum Gasteiger partial charge on any atom is 0.269 e. The fraction of sp³-hybridized carbons (Fsp3) is 0.333. The molecule has 0 aliphatic carbocycles. The van der Waals surface area contributed by atoms with Crippen LogP contribution in [0.2, 0.25) is 0 Å². The van der Waals surface area contributed by atoms with Crippen molar-refractivity contribution in [1.82, 2.24) is 4.31 Å². The number of nitro groups is 1. The van der Waals surface area contributed by atoms with Gasteiger partial charge < -0.3 is 0 Å². The van der Waals surface area contributed by atoms with E-state index in [0.717, 1.165) is 43.5 Å². The second-order valence-electron chi connectivity index (χ2n) is 6.80. The Bertz CT molecular complexity index is 1120. The van der Waals surface area contributed by atoms with Gasteiger partial charge in [0.05, 0.1) is 20.4 Å². The SMILES string of the molecule is Cc1ccc(S(=O)(=O)N2CCCCC2)cc1NS(=O)(=O)c1ccc([N+](=O)[O-])cc1. The van der Waals surface area contributed by atoms with Crippen LogP contribution in [-0.2, 0) is 20.0 Å². The molecule has 1 fully saturated rings. The quantitative estimate of drug-likeness (QED) is 0.545. The molecule has 1 saturated heterocycles. The number of benzene rings is 2. The van der Waals surface area contributed by atoms with Crippen LogP contribution in [0.15, 0.2) is 52.3 Å². The number of nitro benzene ring substituents is 1. The molecule has 0 radical (unpaired) electrons. The molecule has 0 amide bonds. The number of hydrogen-bond donors (Lipinski definition) is 1. The van der Waals surface area contributed by atoms with Crippen molar-refractivity contribution in [2.24, 2.45) is 0 Å². The summed E-state index contributed by atoms with van der Waals surface area (Å²) < 4.78 is 54.9. The van der Waals surface area contributed by atoms with Gasteiger partial charge in [-0.1, -0.05) is 12.5 Å².